The van der Waals surface area contributed by atoms with Gasteiger partial charge < -0.3 is 71.8 Å². The SMILES string of the molecule is BNC(=S)NCCOCCOCCNC(=O)[C@H](CCCCn1cc(CCCC(=O)Nc2nnc(S(N)(=O)=O)s2)nn1)NC(=O)C[C@H](NCC(C=O)[C@H](NC(=O)CCC(C)(c1ccc(O)cc1)c1ccc(O)cc1)C(=O)O)C(=O)O. The zero-order valence-electron chi connectivity index (χ0n) is 43.4. The van der Waals surface area contributed by atoms with Crippen molar-refractivity contribution in [3.8, 4) is 11.5 Å². The smallest absolute Gasteiger partial charge is 0.326 e. The number of amides is 4. The van der Waals surface area contributed by atoms with E-state index in [0.717, 1.165) is 0 Å². The monoisotopic (exact) mass is 1160 g/mol. The van der Waals surface area contributed by atoms with Crippen LogP contribution in [0.25, 0.3) is 0 Å². The molecule has 0 aliphatic rings. The summed E-state index contributed by atoms with van der Waals surface area (Å²) < 4.78 is 35.0. The van der Waals surface area contributed by atoms with Gasteiger partial charge in [-0.1, -0.05) is 47.7 Å². The third-order valence-electron chi connectivity index (χ3n) is 12.1. The molecule has 0 saturated carbocycles. The molecule has 2 aromatic heterocycles. The Bertz CT molecular complexity index is 2730. The van der Waals surface area contributed by atoms with Crippen molar-refractivity contribution in [2.45, 2.75) is 99.1 Å². The molecule has 32 heteroatoms. The van der Waals surface area contributed by atoms with Crippen LogP contribution >= 0.6 is 23.6 Å². The summed E-state index contributed by atoms with van der Waals surface area (Å²) in [6, 6.07) is 7.97. The fraction of sp³-hybridized carbons (Fsp3) is 0.489. The zero-order valence-corrected chi connectivity index (χ0v) is 45.9. The van der Waals surface area contributed by atoms with E-state index in [-0.39, 0.29) is 75.0 Å². The lowest BCUT2D eigenvalue weighted by Gasteiger charge is -2.31. The normalized spacial score (nSPS) is 13.0. The number of anilines is 1. The van der Waals surface area contributed by atoms with Gasteiger partial charge in [-0.15, -0.1) is 15.3 Å². The number of aromatic nitrogens is 5. The average Bonchev–Trinajstić information content (AvgIpc) is 4.09. The van der Waals surface area contributed by atoms with Crippen LogP contribution in [0.1, 0.15) is 75.1 Å². The number of carboxylic acids is 2. The number of aryl methyl sites for hydroxylation is 2. The molecular formula is C47H66BN13O15S3. The molecule has 0 bridgehead atoms. The van der Waals surface area contributed by atoms with Crippen LogP contribution in [-0.4, -0.2) is 173 Å². The second-order valence-corrected chi connectivity index (χ2v) is 21.2. The van der Waals surface area contributed by atoms with Crippen molar-refractivity contribution in [2.24, 2.45) is 11.1 Å². The van der Waals surface area contributed by atoms with Crippen LogP contribution < -0.4 is 42.3 Å². The Kier molecular flexibility index (Phi) is 26.6. The van der Waals surface area contributed by atoms with Crippen molar-refractivity contribution < 1.29 is 71.9 Å². The van der Waals surface area contributed by atoms with Gasteiger partial charge in [0.25, 0.3) is 10.0 Å². The van der Waals surface area contributed by atoms with Crippen molar-refractivity contribution in [3.63, 3.8) is 0 Å². The molecule has 1 unspecified atom stereocenters. The molecule has 79 heavy (non-hydrogen) atoms. The minimum Gasteiger partial charge on any atom is -0.508 e. The second-order valence-electron chi connectivity index (χ2n) is 18.0. The van der Waals surface area contributed by atoms with Crippen LogP contribution in [-0.2, 0) is 71.4 Å². The average molecular weight is 1160 g/mol. The van der Waals surface area contributed by atoms with Gasteiger partial charge >= 0.3 is 11.9 Å². The first-order valence-corrected chi connectivity index (χ1v) is 27.6. The van der Waals surface area contributed by atoms with E-state index in [4.69, 9.17) is 26.8 Å². The molecule has 0 aliphatic carbocycles. The number of ether oxygens (including phenoxy) is 2. The first-order chi connectivity index (χ1) is 37.6. The number of carboxylic acid groups (broad SMARTS) is 2. The van der Waals surface area contributed by atoms with E-state index in [1.54, 1.807) is 43.1 Å². The number of aliphatic carboxylic acids is 2. The van der Waals surface area contributed by atoms with Gasteiger partial charge in [0, 0.05) is 50.6 Å². The number of carbonyl (C=O) groups excluding carboxylic acids is 5. The van der Waals surface area contributed by atoms with E-state index >= 15 is 0 Å². The topological polar surface area (TPSA) is 420 Å². The van der Waals surface area contributed by atoms with Crippen LogP contribution in [0.4, 0.5) is 5.13 Å². The minimum absolute atomic E-state index is 0.0132. The van der Waals surface area contributed by atoms with E-state index in [1.807, 2.05) is 6.92 Å². The molecule has 2 aromatic carbocycles. The van der Waals surface area contributed by atoms with Gasteiger partial charge in [-0.05, 0) is 86.1 Å². The standard InChI is InChI=1S/C47H66BN13O15S3/c1-47(30-8-12-33(63)13-9-30,31-10-14-34(64)15-11-31)17-16-38(66)54-40(43(71)72)29(28-62)26-52-36(42(69)70)25-39(67)53-35(41(68)50-18-21-75-23-24-76-22-19-51-44(77)56-48)6-2-3-20-61-27-32(57-60-61)5-4-7-37(65)55-45-58-59-46(78-45)79(49,73)74/h8-15,27-29,35-36,40,52,63-64H,2-7,16-26,48H2,1H3,(H,50,68)(H,53,67)(H,54,66)(H,69,70)(H,71,72)(H2,49,73,74)(H2,51,56,77)(H,55,58,65)/t29?,35-,36-,40-/m0/s1. The highest BCUT2D eigenvalue weighted by molar-refractivity contribution is 7.91. The van der Waals surface area contributed by atoms with Crippen LogP contribution in [0.15, 0.2) is 59.1 Å². The number of aldehydes is 1. The van der Waals surface area contributed by atoms with Gasteiger partial charge in [0.2, 0.25) is 41.1 Å². The van der Waals surface area contributed by atoms with Crippen molar-refractivity contribution in [1.82, 2.24) is 57.0 Å². The van der Waals surface area contributed by atoms with Gasteiger partial charge in [-0.2, -0.15) is 0 Å². The number of thiocarbonyl (C=S) groups is 1. The van der Waals surface area contributed by atoms with Gasteiger partial charge in [0.05, 0.1) is 44.5 Å². The highest BCUT2D eigenvalue weighted by Gasteiger charge is 2.34. The van der Waals surface area contributed by atoms with Crippen LogP contribution in [0.2, 0.25) is 0 Å². The number of sulfonamides is 1. The van der Waals surface area contributed by atoms with Crippen LogP contribution in [0.3, 0.4) is 0 Å². The number of rotatable bonds is 37. The summed E-state index contributed by atoms with van der Waals surface area (Å²) in [5, 5.41) is 79.2. The predicted octanol–water partition coefficient (Wildman–Crippen LogP) is -1.43. The van der Waals surface area contributed by atoms with E-state index in [0.29, 0.717) is 78.6 Å². The third kappa shape index (κ3) is 22.6. The highest BCUT2D eigenvalue weighted by atomic mass is 32.2. The first kappa shape index (κ1) is 64.3. The number of hydrogen-bond acceptors (Lipinski definition) is 20. The number of phenolic OH excluding ortho intramolecular Hbond substituents is 2. The summed E-state index contributed by atoms with van der Waals surface area (Å²) in [6.45, 7) is 3.11. The number of nitrogens with one attached hydrogen (secondary N) is 7. The molecule has 0 radical (unpaired) electrons. The molecular weight excluding hydrogens is 1090 g/mol. The highest BCUT2D eigenvalue weighted by Crippen LogP contribution is 2.38. The third-order valence-corrected chi connectivity index (χ3v) is 14.6. The summed E-state index contributed by atoms with van der Waals surface area (Å²) in [7, 11) is -2.37. The van der Waals surface area contributed by atoms with E-state index in [9.17, 15) is 62.4 Å². The lowest BCUT2D eigenvalue weighted by Crippen LogP contribution is -2.53. The second kappa shape index (κ2) is 32.6. The fourth-order valence-electron chi connectivity index (χ4n) is 7.74. The van der Waals surface area contributed by atoms with E-state index in [2.05, 4.69) is 57.6 Å². The van der Waals surface area contributed by atoms with Gasteiger partial charge in [-0.3, -0.25) is 28.7 Å². The lowest BCUT2D eigenvalue weighted by atomic mass is 9.73. The Labute approximate surface area is 465 Å². The number of phenols is 2. The molecule has 0 aliphatic heterocycles. The maximum atomic E-state index is 13.5. The number of unbranched alkanes of at least 4 members (excludes halogenated alkanes) is 1. The summed E-state index contributed by atoms with van der Waals surface area (Å²) in [4.78, 5) is 90.0. The Balaban J connectivity index is 1.31. The molecule has 0 fully saturated rings. The lowest BCUT2D eigenvalue weighted by molar-refractivity contribution is -0.144. The molecule has 28 nitrogen and oxygen atoms in total. The summed E-state index contributed by atoms with van der Waals surface area (Å²) in [5.41, 5.74) is 1.13. The van der Waals surface area contributed by atoms with Crippen molar-refractivity contribution in [1.29, 1.82) is 0 Å². The summed E-state index contributed by atoms with van der Waals surface area (Å²) >= 11 is 5.63. The number of carbonyl (C=O) groups is 7. The molecule has 430 valence electrons. The quantitative estimate of drug-likeness (QED) is 0.00810. The molecule has 0 spiro atoms. The minimum atomic E-state index is -4.06. The first-order valence-electron chi connectivity index (χ1n) is 24.9. The molecule has 0 saturated heterocycles. The predicted molar refractivity (Wildman–Crippen MR) is 291 cm³/mol. The summed E-state index contributed by atoms with van der Waals surface area (Å²) in [5.74, 6) is -7.20. The zero-order chi connectivity index (χ0) is 58.0. The Morgan fingerprint density at radius 2 is 1.46 bits per heavy atom. The Hall–Kier alpha value is -7.23. The van der Waals surface area contributed by atoms with Crippen LogP contribution in [0, 0.1) is 5.92 Å². The molecule has 4 aromatic rings. The number of aromatic hydroxyl groups is 2. The molecule has 13 N–H and O–H groups in total. The number of benzene rings is 2. The number of primary sulfonamides is 1. The molecule has 4 rings (SSSR count). The van der Waals surface area contributed by atoms with Gasteiger partial charge in [0.15, 0.2) is 5.11 Å². The van der Waals surface area contributed by atoms with Crippen LogP contribution in [0.5, 0.6) is 11.5 Å². The molecule has 4 amide bonds. The molecule has 4 atom stereocenters. The van der Waals surface area contributed by atoms with Crippen molar-refractivity contribution in [2.75, 3.05) is 51.4 Å². The number of nitrogens with two attached hydrogens (primary N) is 1. The fourth-order valence-corrected chi connectivity index (χ4v) is 9.19. The van der Waals surface area contributed by atoms with Gasteiger partial charge in [-0.25, -0.2) is 18.4 Å². The summed E-state index contributed by atoms with van der Waals surface area (Å²) in [6.07, 6.45) is 2.81. The van der Waals surface area contributed by atoms with E-state index in [1.165, 1.54) is 24.3 Å². The number of hydrogen-bond donors (Lipinski definition) is 12. The molecule has 2 heterocycles. The van der Waals surface area contributed by atoms with E-state index < -0.39 is 92.4 Å². The van der Waals surface area contributed by atoms with Crippen molar-refractivity contribution in [3.05, 3.63) is 71.5 Å². The maximum absolute atomic E-state index is 13.5. The Morgan fingerprint density at radius 3 is 2.03 bits per heavy atom. The Morgan fingerprint density at radius 1 is 0.823 bits per heavy atom. The van der Waals surface area contributed by atoms with Crippen molar-refractivity contribution >= 4 is 93.7 Å². The van der Waals surface area contributed by atoms with Gasteiger partial charge in [0.1, 0.15) is 35.9 Å². The number of nitrogens with zero attached hydrogens (tertiary/aromatic N) is 5. The maximum Gasteiger partial charge on any atom is 0.326 e. The largest absolute Gasteiger partial charge is 0.508 e.